The first kappa shape index (κ1) is 19.7. The Kier molecular flexibility index (Phi) is 6.85. The number of halogens is 1. The van der Waals surface area contributed by atoms with E-state index in [0.29, 0.717) is 18.9 Å². The first-order valence-electron chi connectivity index (χ1n) is 8.91. The van der Waals surface area contributed by atoms with Gasteiger partial charge in [-0.15, -0.1) is 12.4 Å². The lowest BCUT2D eigenvalue weighted by molar-refractivity contribution is -0.130. The standard InChI is InChI=1S/C19H27N3O2.ClH/c1-13-11-20-9-8-17(13)21-19(24)16-10-18(23)22(12-16)14(2)15-6-4-3-5-7-15;/h3-7,13-14,16-17,20H,8-12H2,1-2H3,(H,21,24);1H. The first-order chi connectivity index (χ1) is 11.6. The van der Waals surface area contributed by atoms with Crippen LogP contribution in [-0.2, 0) is 9.59 Å². The third kappa shape index (κ3) is 4.53. The van der Waals surface area contributed by atoms with Crippen molar-refractivity contribution in [3.63, 3.8) is 0 Å². The Morgan fingerprint density at radius 1 is 1.32 bits per heavy atom. The van der Waals surface area contributed by atoms with E-state index in [0.717, 1.165) is 25.1 Å². The fourth-order valence-electron chi connectivity index (χ4n) is 3.72. The molecule has 3 rings (SSSR count). The Hall–Kier alpha value is -1.59. The smallest absolute Gasteiger partial charge is 0.225 e. The predicted octanol–water partition coefficient (Wildman–Crippen LogP) is 2.13. The van der Waals surface area contributed by atoms with Crippen LogP contribution in [0.5, 0.6) is 0 Å². The molecule has 0 bridgehead atoms. The lowest BCUT2D eigenvalue weighted by atomic mass is 9.94. The number of rotatable bonds is 4. The fourth-order valence-corrected chi connectivity index (χ4v) is 3.72. The van der Waals surface area contributed by atoms with Crippen LogP contribution in [0.25, 0.3) is 0 Å². The van der Waals surface area contributed by atoms with Crippen molar-refractivity contribution in [1.82, 2.24) is 15.5 Å². The normalized spacial score (nSPS) is 27.5. The van der Waals surface area contributed by atoms with Crippen molar-refractivity contribution in [3.05, 3.63) is 35.9 Å². The quantitative estimate of drug-likeness (QED) is 0.859. The molecule has 4 atom stereocenters. The summed E-state index contributed by atoms with van der Waals surface area (Å²) in [4.78, 5) is 26.8. The van der Waals surface area contributed by atoms with Crippen molar-refractivity contribution in [2.75, 3.05) is 19.6 Å². The van der Waals surface area contributed by atoms with Gasteiger partial charge in [0.05, 0.1) is 12.0 Å². The summed E-state index contributed by atoms with van der Waals surface area (Å²) < 4.78 is 0. The number of amides is 2. The molecule has 2 aliphatic heterocycles. The van der Waals surface area contributed by atoms with Crippen molar-refractivity contribution >= 4 is 24.2 Å². The van der Waals surface area contributed by atoms with Gasteiger partial charge in [0.15, 0.2) is 0 Å². The molecule has 2 amide bonds. The molecule has 1 aromatic rings. The molecule has 0 aromatic heterocycles. The van der Waals surface area contributed by atoms with Crippen LogP contribution >= 0.6 is 12.4 Å². The van der Waals surface area contributed by atoms with Gasteiger partial charge in [0.1, 0.15) is 0 Å². The number of likely N-dealkylation sites (tertiary alicyclic amines) is 1. The van der Waals surface area contributed by atoms with Crippen molar-refractivity contribution in [3.8, 4) is 0 Å². The maximum Gasteiger partial charge on any atom is 0.225 e. The lowest BCUT2D eigenvalue weighted by Crippen LogP contribution is -2.50. The molecule has 2 N–H and O–H groups in total. The summed E-state index contributed by atoms with van der Waals surface area (Å²) >= 11 is 0. The van der Waals surface area contributed by atoms with E-state index in [-0.39, 0.29) is 42.2 Å². The zero-order valence-corrected chi connectivity index (χ0v) is 15.7. The lowest BCUT2D eigenvalue weighted by Gasteiger charge is -2.31. The Bertz CT molecular complexity index is 596. The molecular formula is C19H28ClN3O2. The summed E-state index contributed by atoms with van der Waals surface area (Å²) in [6.45, 7) is 6.57. The highest BCUT2D eigenvalue weighted by molar-refractivity contribution is 5.89. The topological polar surface area (TPSA) is 61.4 Å². The Morgan fingerprint density at radius 2 is 2.04 bits per heavy atom. The Labute approximate surface area is 155 Å². The molecule has 5 nitrogen and oxygen atoms in total. The second kappa shape index (κ2) is 8.68. The third-order valence-corrected chi connectivity index (χ3v) is 5.39. The van der Waals surface area contributed by atoms with Crippen molar-refractivity contribution in [2.45, 2.75) is 38.8 Å². The maximum atomic E-state index is 12.6. The van der Waals surface area contributed by atoms with Gasteiger partial charge in [-0.2, -0.15) is 0 Å². The molecule has 6 heteroatoms. The largest absolute Gasteiger partial charge is 0.353 e. The van der Waals surface area contributed by atoms with Gasteiger partial charge in [0, 0.05) is 19.0 Å². The van der Waals surface area contributed by atoms with Gasteiger partial charge in [0.2, 0.25) is 11.8 Å². The van der Waals surface area contributed by atoms with Crippen LogP contribution < -0.4 is 10.6 Å². The number of benzene rings is 1. The fraction of sp³-hybridized carbons (Fsp3) is 0.579. The zero-order valence-electron chi connectivity index (χ0n) is 14.9. The van der Waals surface area contributed by atoms with E-state index in [1.54, 1.807) is 0 Å². The van der Waals surface area contributed by atoms with Gasteiger partial charge in [-0.1, -0.05) is 37.3 Å². The summed E-state index contributed by atoms with van der Waals surface area (Å²) in [5, 5.41) is 6.51. The van der Waals surface area contributed by atoms with Gasteiger partial charge in [0.25, 0.3) is 0 Å². The number of nitrogens with one attached hydrogen (secondary N) is 2. The van der Waals surface area contributed by atoms with Gasteiger partial charge >= 0.3 is 0 Å². The summed E-state index contributed by atoms with van der Waals surface area (Å²) in [6.07, 6.45) is 1.28. The Balaban J connectivity index is 0.00000225. The molecule has 2 aliphatic rings. The molecule has 1 aromatic carbocycles. The van der Waals surface area contributed by atoms with Gasteiger partial charge in [-0.05, 0) is 37.9 Å². The van der Waals surface area contributed by atoms with Crippen LogP contribution in [0.4, 0.5) is 0 Å². The van der Waals surface area contributed by atoms with Gasteiger partial charge < -0.3 is 15.5 Å². The van der Waals surface area contributed by atoms with Crippen LogP contribution in [0.3, 0.4) is 0 Å². The molecular weight excluding hydrogens is 338 g/mol. The van der Waals surface area contributed by atoms with E-state index in [1.807, 2.05) is 42.2 Å². The van der Waals surface area contributed by atoms with Crippen LogP contribution in [0.1, 0.15) is 38.3 Å². The summed E-state index contributed by atoms with van der Waals surface area (Å²) in [5.74, 6) is 0.305. The highest BCUT2D eigenvalue weighted by atomic mass is 35.5. The van der Waals surface area contributed by atoms with Crippen LogP contribution in [-0.4, -0.2) is 42.4 Å². The SMILES string of the molecule is CC1CNCCC1NC(=O)C1CC(=O)N(C(C)c2ccccc2)C1.Cl. The Morgan fingerprint density at radius 3 is 2.72 bits per heavy atom. The number of carbonyl (C=O) groups is 2. The number of piperidine rings is 1. The molecule has 0 spiro atoms. The second-order valence-electron chi connectivity index (χ2n) is 7.12. The van der Waals surface area contributed by atoms with Crippen LogP contribution in [0.2, 0.25) is 0 Å². The van der Waals surface area contributed by atoms with E-state index in [9.17, 15) is 9.59 Å². The molecule has 2 heterocycles. The molecule has 138 valence electrons. The molecule has 0 aliphatic carbocycles. The summed E-state index contributed by atoms with van der Waals surface area (Å²) in [7, 11) is 0. The highest BCUT2D eigenvalue weighted by Crippen LogP contribution is 2.28. The van der Waals surface area contributed by atoms with Crippen molar-refractivity contribution < 1.29 is 9.59 Å². The van der Waals surface area contributed by atoms with E-state index in [4.69, 9.17) is 0 Å². The minimum atomic E-state index is -0.231. The molecule has 2 saturated heterocycles. The predicted molar refractivity (Wildman–Crippen MR) is 101 cm³/mol. The third-order valence-electron chi connectivity index (χ3n) is 5.39. The number of carbonyl (C=O) groups excluding carboxylic acids is 2. The summed E-state index contributed by atoms with van der Waals surface area (Å²) in [6, 6.07) is 10.2. The van der Waals surface area contributed by atoms with E-state index >= 15 is 0 Å². The minimum absolute atomic E-state index is 0. The number of nitrogens with zero attached hydrogens (tertiary/aromatic N) is 1. The minimum Gasteiger partial charge on any atom is -0.353 e. The van der Waals surface area contributed by atoms with E-state index in [2.05, 4.69) is 17.6 Å². The molecule has 2 fully saturated rings. The summed E-state index contributed by atoms with van der Waals surface area (Å²) in [5.41, 5.74) is 1.11. The van der Waals surface area contributed by atoms with E-state index < -0.39 is 0 Å². The number of hydrogen-bond donors (Lipinski definition) is 2. The number of hydrogen-bond acceptors (Lipinski definition) is 3. The second-order valence-corrected chi connectivity index (χ2v) is 7.12. The van der Waals surface area contributed by atoms with Crippen molar-refractivity contribution in [2.24, 2.45) is 11.8 Å². The zero-order chi connectivity index (χ0) is 17.1. The first-order valence-corrected chi connectivity index (χ1v) is 8.91. The average molecular weight is 366 g/mol. The van der Waals surface area contributed by atoms with E-state index in [1.165, 1.54) is 0 Å². The van der Waals surface area contributed by atoms with Crippen LogP contribution in [0, 0.1) is 11.8 Å². The molecule has 4 unspecified atom stereocenters. The van der Waals surface area contributed by atoms with Crippen LogP contribution in [0.15, 0.2) is 30.3 Å². The van der Waals surface area contributed by atoms with Crippen molar-refractivity contribution in [1.29, 1.82) is 0 Å². The average Bonchev–Trinajstić information content (AvgIpc) is 2.99. The maximum absolute atomic E-state index is 12.6. The molecule has 0 radical (unpaired) electrons. The molecule has 0 saturated carbocycles. The monoisotopic (exact) mass is 365 g/mol. The highest BCUT2D eigenvalue weighted by Gasteiger charge is 2.38. The molecule has 25 heavy (non-hydrogen) atoms. The van der Waals surface area contributed by atoms with Gasteiger partial charge in [-0.25, -0.2) is 0 Å². The van der Waals surface area contributed by atoms with Gasteiger partial charge in [-0.3, -0.25) is 9.59 Å².